The number of thiazole rings is 1. The van der Waals surface area contributed by atoms with Crippen molar-refractivity contribution in [1.29, 1.82) is 0 Å². The van der Waals surface area contributed by atoms with Gasteiger partial charge in [0, 0.05) is 29.5 Å². The molecule has 1 aromatic carbocycles. The molecule has 1 fully saturated rings. The number of amides is 2. The lowest BCUT2D eigenvalue weighted by molar-refractivity contribution is -0.150. The van der Waals surface area contributed by atoms with E-state index in [1.807, 2.05) is 0 Å². The topological polar surface area (TPSA) is 178 Å². The van der Waals surface area contributed by atoms with E-state index in [0.717, 1.165) is 11.3 Å². The normalized spacial score (nSPS) is 18.8. The summed E-state index contributed by atoms with van der Waals surface area (Å²) >= 11 is 3.72. The van der Waals surface area contributed by atoms with E-state index in [2.05, 4.69) is 25.7 Å². The molecule has 17 heteroatoms. The van der Waals surface area contributed by atoms with Crippen LogP contribution in [0.25, 0.3) is 11.4 Å². The van der Waals surface area contributed by atoms with Gasteiger partial charge < -0.3 is 25.6 Å². The fourth-order valence-corrected chi connectivity index (χ4v) is 7.08. The van der Waals surface area contributed by atoms with Crippen LogP contribution in [0.1, 0.15) is 5.69 Å². The smallest absolute Gasteiger partial charge is 0.352 e. The Morgan fingerprint density at radius 1 is 1.32 bits per heavy atom. The van der Waals surface area contributed by atoms with Crippen molar-refractivity contribution in [2.45, 2.75) is 16.6 Å². The van der Waals surface area contributed by atoms with Crippen molar-refractivity contribution >= 4 is 63.5 Å². The first-order valence-corrected chi connectivity index (χ1v) is 14.4. The number of carboxylic acid groups (broad SMARTS) is 1. The molecule has 0 saturated carbocycles. The molecule has 2 amide bonds. The first kappa shape index (κ1) is 27.6. The van der Waals surface area contributed by atoms with E-state index in [0.29, 0.717) is 27.9 Å². The number of carboxylic acids is 1. The van der Waals surface area contributed by atoms with Gasteiger partial charge in [0.1, 0.15) is 35.7 Å². The summed E-state index contributed by atoms with van der Waals surface area (Å²) < 4.78 is 15.0. The number of thioether (sulfide) groups is 2. The second-order valence-corrected chi connectivity index (χ2v) is 11.4. The molecule has 0 spiro atoms. The molecule has 2 aliphatic heterocycles. The van der Waals surface area contributed by atoms with Gasteiger partial charge in [-0.2, -0.15) is 0 Å². The number of carbonyl (C=O) groups excluding carboxylic acids is 2. The lowest BCUT2D eigenvalue weighted by Gasteiger charge is -2.49. The van der Waals surface area contributed by atoms with E-state index in [4.69, 9.17) is 10.6 Å². The van der Waals surface area contributed by atoms with Gasteiger partial charge in [-0.25, -0.2) is 14.2 Å². The molecule has 0 bridgehead atoms. The minimum absolute atomic E-state index is 0.120. The number of nitrogens with zero attached hydrogens (tertiary/aromatic N) is 6. The predicted octanol–water partition coefficient (Wildman–Crippen LogP) is 1.54. The molecule has 2 atom stereocenters. The molecule has 5 rings (SSSR count). The van der Waals surface area contributed by atoms with E-state index in [1.165, 1.54) is 53.0 Å². The number of β-lactam (4-membered cyclic amide) rings is 1. The van der Waals surface area contributed by atoms with Crippen LogP contribution in [0, 0.1) is 5.82 Å². The van der Waals surface area contributed by atoms with Crippen LogP contribution >= 0.6 is 34.9 Å². The molecule has 1 unspecified atom stereocenters. The molecule has 40 heavy (non-hydrogen) atoms. The van der Waals surface area contributed by atoms with Crippen molar-refractivity contribution in [2.75, 3.05) is 24.3 Å². The Balaban J connectivity index is 1.30. The number of benzene rings is 1. The minimum Gasteiger partial charge on any atom is -0.477 e. The maximum Gasteiger partial charge on any atom is 0.352 e. The maximum absolute atomic E-state index is 13.3. The van der Waals surface area contributed by atoms with E-state index in [1.54, 1.807) is 23.7 Å². The summed E-state index contributed by atoms with van der Waals surface area (Å²) in [5, 5.41) is 26.3. The third-order valence-electron chi connectivity index (χ3n) is 6.01. The van der Waals surface area contributed by atoms with Crippen molar-refractivity contribution in [3.05, 3.63) is 52.4 Å². The van der Waals surface area contributed by atoms with Crippen LogP contribution in [0.15, 0.2) is 51.2 Å². The Morgan fingerprint density at radius 2 is 2.08 bits per heavy atom. The van der Waals surface area contributed by atoms with Crippen LogP contribution in [-0.4, -0.2) is 83.3 Å². The van der Waals surface area contributed by atoms with Crippen molar-refractivity contribution in [1.82, 2.24) is 30.0 Å². The van der Waals surface area contributed by atoms with Gasteiger partial charge in [0.15, 0.2) is 21.8 Å². The number of anilines is 1. The highest BCUT2D eigenvalue weighted by Gasteiger charge is 2.54. The van der Waals surface area contributed by atoms with Gasteiger partial charge in [0.25, 0.3) is 11.8 Å². The van der Waals surface area contributed by atoms with Crippen LogP contribution in [0.4, 0.5) is 9.52 Å². The van der Waals surface area contributed by atoms with Gasteiger partial charge in [0.05, 0.1) is 0 Å². The number of carbonyl (C=O) groups is 3. The van der Waals surface area contributed by atoms with Gasteiger partial charge in [-0.05, 0) is 29.8 Å². The summed E-state index contributed by atoms with van der Waals surface area (Å²) in [5.41, 5.74) is 6.78. The zero-order valence-corrected chi connectivity index (χ0v) is 23.3. The number of oxime groups is 1. The average Bonchev–Trinajstić information content (AvgIpc) is 3.53. The number of hydrogen-bond acceptors (Lipinski definition) is 12. The molecule has 2 aromatic heterocycles. The van der Waals surface area contributed by atoms with Gasteiger partial charge >= 0.3 is 5.97 Å². The lowest BCUT2D eigenvalue weighted by Crippen LogP contribution is -2.71. The Morgan fingerprint density at radius 3 is 2.73 bits per heavy atom. The van der Waals surface area contributed by atoms with Crippen LogP contribution in [0.2, 0.25) is 0 Å². The standard InChI is InChI=1S/C23H21FN8O5S3/c1-31-17(10-3-5-12(24)6-4-10)28-29-23(31)40-8-11-7-38-20-15(19(34)32(20)16(11)21(35)36)27-18(33)14(30-37-2)13-9-39-22(25)26-13/h3-6,9,15,20H,7-8H2,1-2H3,(H2,25,26)(H,27,33)(H,35,36)/b30-14+/t15-,20?/m1/s1. The first-order chi connectivity index (χ1) is 19.2. The molecule has 4 heterocycles. The second kappa shape index (κ2) is 11.3. The Hall–Kier alpha value is -3.96. The summed E-state index contributed by atoms with van der Waals surface area (Å²) in [7, 11) is 3.02. The van der Waals surface area contributed by atoms with E-state index < -0.39 is 29.2 Å². The summed E-state index contributed by atoms with van der Waals surface area (Å²) in [4.78, 5) is 48.2. The number of fused-ring (bicyclic) bond motifs is 1. The Bertz CT molecular complexity index is 1550. The second-order valence-electron chi connectivity index (χ2n) is 8.47. The fraction of sp³-hybridized carbons (Fsp3) is 0.261. The molecule has 2 aliphatic rings. The highest BCUT2D eigenvalue weighted by atomic mass is 32.2. The largest absolute Gasteiger partial charge is 0.477 e. The maximum atomic E-state index is 13.3. The van der Waals surface area contributed by atoms with Crippen LogP contribution in [-0.2, 0) is 26.3 Å². The fourth-order valence-electron chi connectivity index (χ4n) is 4.14. The molecule has 3 aromatic rings. The van der Waals surface area contributed by atoms with Crippen molar-refractivity contribution in [3.63, 3.8) is 0 Å². The van der Waals surface area contributed by atoms with Crippen LogP contribution < -0.4 is 11.1 Å². The molecule has 1 saturated heterocycles. The molecular weight excluding hydrogens is 584 g/mol. The van der Waals surface area contributed by atoms with Crippen LogP contribution in [0.3, 0.4) is 0 Å². The van der Waals surface area contributed by atoms with Gasteiger partial charge in [-0.15, -0.1) is 33.3 Å². The summed E-state index contributed by atoms with van der Waals surface area (Å²) in [5.74, 6) is -1.78. The number of nitrogens with one attached hydrogen (secondary N) is 1. The number of nitrogens with two attached hydrogens (primary N) is 1. The zero-order valence-electron chi connectivity index (χ0n) is 20.9. The number of halogens is 1. The number of nitrogen functional groups attached to an aromatic ring is 1. The van der Waals surface area contributed by atoms with E-state index in [9.17, 15) is 23.9 Å². The molecule has 208 valence electrons. The highest BCUT2D eigenvalue weighted by Crippen LogP contribution is 2.41. The monoisotopic (exact) mass is 604 g/mol. The van der Waals surface area contributed by atoms with E-state index >= 15 is 0 Å². The lowest BCUT2D eigenvalue weighted by atomic mass is 10.0. The Labute approximate surface area is 238 Å². The third kappa shape index (κ3) is 5.14. The number of aromatic nitrogens is 4. The number of hydrogen-bond donors (Lipinski definition) is 3. The summed E-state index contributed by atoms with van der Waals surface area (Å²) in [6.45, 7) is 0. The molecule has 0 aliphatic carbocycles. The van der Waals surface area contributed by atoms with Crippen molar-refractivity contribution < 1.29 is 28.7 Å². The number of aliphatic carboxylic acids is 1. The molecule has 13 nitrogen and oxygen atoms in total. The highest BCUT2D eigenvalue weighted by molar-refractivity contribution is 8.01. The van der Waals surface area contributed by atoms with Gasteiger partial charge in [-0.1, -0.05) is 16.9 Å². The van der Waals surface area contributed by atoms with E-state index in [-0.39, 0.29) is 33.8 Å². The summed E-state index contributed by atoms with van der Waals surface area (Å²) in [6.07, 6.45) is 0. The number of rotatable bonds is 9. The quantitative estimate of drug-likeness (QED) is 0.140. The van der Waals surface area contributed by atoms with Crippen molar-refractivity contribution in [2.24, 2.45) is 12.2 Å². The van der Waals surface area contributed by atoms with Gasteiger partial charge in [0.2, 0.25) is 0 Å². The predicted molar refractivity (Wildman–Crippen MR) is 147 cm³/mol. The molecule has 0 radical (unpaired) electrons. The summed E-state index contributed by atoms with van der Waals surface area (Å²) in [6, 6.07) is 4.89. The molecular formula is C23H21FN8O5S3. The molecule has 4 N–H and O–H groups in total. The third-order valence-corrected chi connectivity index (χ3v) is 9.13. The van der Waals surface area contributed by atoms with Crippen molar-refractivity contribution in [3.8, 4) is 11.4 Å². The zero-order chi connectivity index (χ0) is 28.6. The first-order valence-electron chi connectivity index (χ1n) is 11.5. The van der Waals surface area contributed by atoms with Crippen LogP contribution in [0.5, 0.6) is 0 Å². The Kier molecular flexibility index (Phi) is 7.77. The van der Waals surface area contributed by atoms with Gasteiger partial charge in [-0.3, -0.25) is 14.5 Å². The average molecular weight is 605 g/mol. The SMILES string of the molecule is CO/N=C(/C(=O)N[C@@H]1C(=O)N2C(C(=O)O)=C(CSc3nnc(-c4ccc(F)cc4)n3C)CSC12)c1csc(N)n1. The minimum atomic E-state index is -1.25.